The summed E-state index contributed by atoms with van der Waals surface area (Å²) in [4.78, 5) is 4.75. The lowest BCUT2D eigenvalue weighted by Gasteiger charge is -2.38. The second kappa shape index (κ2) is 15.8. The van der Waals surface area contributed by atoms with E-state index in [0.717, 1.165) is 78.0 Å². The molecule has 4 heteroatoms. The van der Waals surface area contributed by atoms with E-state index in [2.05, 4.69) is 254 Å². The van der Waals surface area contributed by atoms with Crippen LogP contribution >= 0.6 is 0 Å². The van der Waals surface area contributed by atoms with Crippen molar-refractivity contribution < 1.29 is 8.83 Å². The molecule has 12 aromatic carbocycles. The molecule has 14 aromatic rings. The molecule has 0 radical (unpaired) electrons. The average molecular weight is 935 g/mol. The summed E-state index contributed by atoms with van der Waals surface area (Å²) in [5.74, 6) is 0. The normalized spacial score (nSPS) is 12.9. The van der Waals surface area contributed by atoms with E-state index in [4.69, 9.17) is 8.83 Å². The van der Waals surface area contributed by atoms with Crippen LogP contribution in [0.25, 0.3) is 98.4 Å². The van der Waals surface area contributed by atoms with Gasteiger partial charge in [-0.3, -0.25) is 0 Å². The van der Waals surface area contributed by atoms with Crippen LogP contribution in [-0.4, -0.2) is 0 Å². The first-order chi connectivity index (χ1) is 36.0. The predicted molar refractivity (Wildman–Crippen MR) is 306 cm³/mol. The molecule has 2 aromatic heterocycles. The van der Waals surface area contributed by atoms with E-state index < -0.39 is 0 Å². The largest absolute Gasteiger partial charge is 0.454 e. The van der Waals surface area contributed by atoms with E-state index in [-0.39, 0.29) is 5.41 Å². The van der Waals surface area contributed by atoms with E-state index in [0.29, 0.717) is 0 Å². The van der Waals surface area contributed by atoms with Gasteiger partial charge in [-0.05, 0) is 138 Å². The number of hydrogen-bond acceptors (Lipinski definition) is 4. The van der Waals surface area contributed by atoms with Crippen molar-refractivity contribution in [2.24, 2.45) is 0 Å². The lowest BCUT2D eigenvalue weighted by molar-refractivity contribution is 0.645. The fourth-order valence-electron chi connectivity index (χ4n) is 12.2. The van der Waals surface area contributed by atoms with Gasteiger partial charge in [-0.2, -0.15) is 0 Å². The molecule has 2 heterocycles. The molecule has 0 saturated carbocycles. The topological polar surface area (TPSA) is 32.8 Å². The minimum atomic E-state index is -0.384. The number of furan rings is 2. The van der Waals surface area contributed by atoms with Crippen molar-refractivity contribution in [1.29, 1.82) is 0 Å². The monoisotopic (exact) mass is 934 g/mol. The third kappa shape index (κ3) is 6.20. The van der Waals surface area contributed by atoms with Gasteiger partial charge in [0.2, 0.25) is 0 Å². The zero-order valence-electron chi connectivity index (χ0n) is 40.3. The van der Waals surface area contributed by atoms with Crippen molar-refractivity contribution in [3.63, 3.8) is 0 Å². The molecule has 344 valence electrons. The van der Waals surface area contributed by atoms with Gasteiger partial charge in [-0.15, -0.1) is 0 Å². The summed E-state index contributed by atoms with van der Waals surface area (Å²) < 4.78 is 13.5. The molecule has 0 N–H and O–H groups in total. The molecule has 15 rings (SSSR count). The van der Waals surface area contributed by atoms with Gasteiger partial charge in [-0.1, -0.05) is 184 Å². The summed E-state index contributed by atoms with van der Waals surface area (Å²) in [6.45, 7) is 4.81. The summed E-state index contributed by atoms with van der Waals surface area (Å²) in [7, 11) is 0. The summed E-state index contributed by atoms with van der Waals surface area (Å²) in [6, 6.07) is 88.0. The SMILES string of the molecule is CC1(C)c2cc(N(c3ccc4ccccc4c3)c3cccc4c3oc3ccccc34)ccc2-c2c(-c3ccccc3)c3ccc(N(c4ccccc4)c4cccc5c4oc4ccccc45)cc3c3cccc1c23. The number of anilines is 6. The van der Waals surface area contributed by atoms with Crippen molar-refractivity contribution in [3.8, 4) is 22.3 Å². The smallest absolute Gasteiger partial charge is 0.159 e. The first-order valence-corrected chi connectivity index (χ1v) is 25.2. The van der Waals surface area contributed by atoms with Crippen LogP contribution < -0.4 is 9.80 Å². The maximum absolute atomic E-state index is 6.79. The Kier molecular flexibility index (Phi) is 8.97. The summed E-state index contributed by atoms with van der Waals surface area (Å²) in [6.07, 6.45) is 0. The number of nitrogens with zero attached hydrogens (tertiary/aromatic N) is 2. The predicted octanol–water partition coefficient (Wildman–Crippen LogP) is 19.9. The molecule has 73 heavy (non-hydrogen) atoms. The van der Waals surface area contributed by atoms with Gasteiger partial charge < -0.3 is 18.6 Å². The van der Waals surface area contributed by atoms with Crippen molar-refractivity contribution >= 4 is 110 Å². The van der Waals surface area contributed by atoms with Crippen LogP contribution in [0.4, 0.5) is 34.1 Å². The third-order valence-electron chi connectivity index (χ3n) is 15.6. The molecular formula is C69H46N2O2. The van der Waals surface area contributed by atoms with E-state index >= 15 is 0 Å². The highest BCUT2D eigenvalue weighted by molar-refractivity contribution is 6.25. The van der Waals surface area contributed by atoms with Crippen molar-refractivity contribution in [1.82, 2.24) is 0 Å². The van der Waals surface area contributed by atoms with Gasteiger partial charge in [0.1, 0.15) is 11.2 Å². The van der Waals surface area contributed by atoms with Gasteiger partial charge in [0.25, 0.3) is 0 Å². The van der Waals surface area contributed by atoms with Crippen LogP contribution in [0.15, 0.2) is 251 Å². The fraction of sp³-hybridized carbons (Fsp3) is 0.0435. The Labute approximate surface area is 422 Å². The molecule has 1 aliphatic rings. The molecule has 0 spiro atoms. The summed E-state index contributed by atoms with van der Waals surface area (Å²) in [5.41, 5.74) is 16.8. The minimum absolute atomic E-state index is 0.384. The van der Waals surface area contributed by atoms with Gasteiger partial charge in [-0.25, -0.2) is 0 Å². The lowest BCUT2D eigenvalue weighted by Crippen LogP contribution is -2.24. The van der Waals surface area contributed by atoms with Crippen LogP contribution in [0.5, 0.6) is 0 Å². The Balaban J connectivity index is 0.982. The van der Waals surface area contributed by atoms with Crippen LogP contribution in [0.1, 0.15) is 25.0 Å². The van der Waals surface area contributed by atoms with E-state index in [1.54, 1.807) is 0 Å². The molecule has 4 nitrogen and oxygen atoms in total. The average Bonchev–Trinajstić information content (AvgIpc) is 4.03. The van der Waals surface area contributed by atoms with Crippen LogP contribution in [-0.2, 0) is 5.41 Å². The van der Waals surface area contributed by atoms with Gasteiger partial charge >= 0.3 is 0 Å². The van der Waals surface area contributed by atoms with E-state index in [1.165, 1.54) is 65.7 Å². The van der Waals surface area contributed by atoms with E-state index in [9.17, 15) is 0 Å². The zero-order valence-corrected chi connectivity index (χ0v) is 40.3. The highest BCUT2D eigenvalue weighted by Gasteiger charge is 2.37. The minimum Gasteiger partial charge on any atom is -0.454 e. The number of fused-ring (bicyclic) bond motifs is 11. The third-order valence-corrected chi connectivity index (χ3v) is 15.6. The molecular weight excluding hydrogens is 889 g/mol. The number of hydrogen-bond donors (Lipinski definition) is 0. The van der Waals surface area contributed by atoms with Crippen LogP contribution in [0.2, 0.25) is 0 Å². The highest BCUT2D eigenvalue weighted by Crippen LogP contribution is 2.57. The lowest BCUT2D eigenvalue weighted by atomic mass is 9.66. The summed E-state index contributed by atoms with van der Waals surface area (Å²) in [5, 5.41) is 11.7. The Hall–Kier alpha value is -9.38. The number of para-hydroxylation sites is 5. The first-order valence-electron chi connectivity index (χ1n) is 25.2. The zero-order chi connectivity index (χ0) is 48.4. The highest BCUT2D eigenvalue weighted by atomic mass is 16.3. The maximum atomic E-state index is 6.79. The Morgan fingerprint density at radius 1 is 0.329 bits per heavy atom. The second-order valence-corrected chi connectivity index (χ2v) is 20.0. The van der Waals surface area contributed by atoms with Gasteiger partial charge in [0.05, 0.1) is 11.4 Å². The molecule has 0 bridgehead atoms. The molecule has 0 fully saturated rings. The molecule has 1 aliphatic carbocycles. The molecule has 0 aliphatic heterocycles. The van der Waals surface area contributed by atoms with Crippen LogP contribution in [0.3, 0.4) is 0 Å². The number of rotatable bonds is 7. The maximum Gasteiger partial charge on any atom is 0.159 e. The first kappa shape index (κ1) is 41.4. The van der Waals surface area contributed by atoms with Gasteiger partial charge in [0.15, 0.2) is 11.2 Å². The van der Waals surface area contributed by atoms with Crippen molar-refractivity contribution in [2.45, 2.75) is 19.3 Å². The molecule has 0 amide bonds. The molecule has 0 atom stereocenters. The standard InChI is InChI=1S/C69H46N2O2/c1-69(2)58-29-15-26-52-57-41-48(70(46-22-7-4-8-23-46)60-30-16-27-54-50-24-11-13-32-62(50)72-67(54)60)36-38-53(57)64(44-19-5-3-6-20-44)66(65(52)58)56-39-37-49(42-59(56)69)71(47-35-34-43-18-9-10-21-45(43)40-47)61-31-17-28-55-51-25-12-14-33-63(51)73-68(55)61/h3-42H,1-2H3. The van der Waals surface area contributed by atoms with Crippen LogP contribution in [0, 0.1) is 0 Å². The molecule has 0 unspecified atom stereocenters. The quantitative estimate of drug-likeness (QED) is 0.149. The molecule has 0 saturated heterocycles. The van der Waals surface area contributed by atoms with E-state index in [1.807, 2.05) is 12.1 Å². The second-order valence-electron chi connectivity index (χ2n) is 20.0. The van der Waals surface area contributed by atoms with Crippen molar-refractivity contribution in [2.75, 3.05) is 9.80 Å². The fourth-order valence-corrected chi connectivity index (χ4v) is 12.2. The Morgan fingerprint density at radius 2 is 0.863 bits per heavy atom. The Bertz CT molecular complexity index is 4550. The Morgan fingerprint density at radius 3 is 1.58 bits per heavy atom. The number of benzene rings is 12. The van der Waals surface area contributed by atoms with Crippen molar-refractivity contribution in [3.05, 3.63) is 254 Å². The van der Waals surface area contributed by atoms with Gasteiger partial charge in [0, 0.05) is 49.7 Å². The summed E-state index contributed by atoms with van der Waals surface area (Å²) >= 11 is 0.